The van der Waals surface area contributed by atoms with Crippen LogP contribution in [-0.2, 0) is 0 Å². The standard InChI is InChI=1S/C16H20N2/c1-16(2,3)18-15-11-9-14(10-12-15)17-13-7-5-4-6-8-13/h4-12,17-18H,1-3H3. The Kier molecular flexibility index (Phi) is 3.56. The van der Waals surface area contributed by atoms with Crippen LogP contribution in [0.2, 0.25) is 0 Å². The fourth-order valence-electron chi connectivity index (χ4n) is 1.76. The molecule has 0 bridgehead atoms. The van der Waals surface area contributed by atoms with E-state index in [1.54, 1.807) is 0 Å². The molecule has 18 heavy (non-hydrogen) atoms. The molecule has 2 aromatic rings. The van der Waals surface area contributed by atoms with Gasteiger partial charge in [-0.15, -0.1) is 0 Å². The Balaban J connectivity index is 2.04. The van der Waals surface area contributed by atoms with Gasteiger partial charge in [0.25, 0.3) is 0 Å². The van der Waals surface area contributed by atoms with Gasteiger partial charge in [-0.25, -0.2) is 0 Å². The first-order chi connectivity index (χ1) is 8.53. The molecular weight excluding hydrogens is 220 g/mol. The summed E-state index contributed by atoms with van der Waals surface area (Å²) in [4.78, 5) is 0. The van der Waals surface area contributed by atoms with Crippen molar-refractivity contribution >= 4 is 17.1 Å². The second kappa shape index (κ2) is 5.13. The van der Waals surface area contributed by atoms with Crippen LogP contribution in [0.1, 0.15) is 20.8 Å². The summed E-state index contributed by atoms with van der Waals surface area (Å²) in [5.74, 6) is 0. The summed E-state index contributed by atoms with van der Waals surface area (Å²) in [7, 11) is 0. The maximum Gasteiger partial charge on any atom is 0.0385 e. The lowest BCUT2D eigenvalue weighted by Gasteiger charge is -2.22. The Morgan fingerprint density at radius 2 is 1.17 bits per heavy atom. The van der Waals surface area contributed by atoms with E-state index >= 15 is 0 Å². The molecule has 2 nitrogen and oxygen atoms in total. The van der Waals surface area contributed by atoms with Gasteiger partial charge in [-0.3, -0.25) is 0 Å². The summed E-state index contributed by atoms with van der Waals surface area (Å²) >= 11 is 0. The highest BCUT2D eigenvalue weighted by atomic mass is 14.9. The minimum atomic E-state index is 0.0916. The largest absolute Gasteiger partial charge is 0.380 e. The van der Waals surface area contributed by atoms with E-state index in [0.717, 1.165) is 17.1 Å². The van der Waals surface area contributed by atoms with Crippen molar-refractivity contribution in [1.29, 1.82) is 0 Å². The van der Waals surface area contributed by atoms with Crippen LogP contribution in [0.3, 0.4) is 0 Å². The van der Waals surface area contributed by atoms with Gasteiger partial charge < -0.3 is 10.6 Å². The van der Waals surface area contributed by atoms with Crippen LogP contribution < -0.4 is 10.6 Å². The van der Waals surface area contributed by atoms with Crippen LogP contribution in [0.4, 0.5) is 17.1 Å². The van der Waals surface area contributed by atoms with Crippen molar-refractivity contribution in [2.45, 2.75) is 26.3 Å². The second-order valence-corrected chi connectivity index (χ2v) is 5.44. The molecule has 0 aliphatic heterocycles. The van der Waals surface area contributed by atoms with Gasteiger partial charge in [0.2, 0.25) is 0 Å². The van der Waals surface area contributed by atoms with Crippen LogP contribution in [0, 0.1) is 0 Å². The maximum absolute atomic E-state index is 3.44. The number of nitrogens with one attached hydrogen (secondary N) is 2. The number of rotatable bonds is 3. The summed E-state index contributed by atoms with van der Waals surface area (Å²) in [5.41, 5.74) is 3.43. The topological polar surface area (TPSA) is 24.1 Å². The SMILES string of the molecule is CC(C)(C)Nc1ccc(Nc2ccccc2)cc1. The highest BCUT2D eigenvalue weighted by Gasteiger charge is 2.08. The Morgan fingerprint density at radius 1 is 0.667 bits per heavy atom. The number of benzene rings is 2. The zero-order chi connectivity index (χ0) is 13.0. The van der Waals surface area contributed by atoms with E-state index in [1.807, 2.05) is 18.2 Å². The third kappa shape index (κ3) is 3.81. The average molecular weight is 240 g/mol. The van der Waals surface area contributed by atoms with Crippen molar-refractivity contribution < 1.29 is 0 Å². The Bertz CT molecular complexity index is 481. The lowest BCUT2D eigenvalue weighted by molar-refractivity contribution is 0.634. The minimum absolute atomic E-state index is 0.0916. The lowest BCUT2D eigenvalue weighted by atomic mass is 10.1. The second-order valence-electron chi connectivity index (χ2n) is 5.44. The van der Waals surface area contributed by atoms with E-state index in [-0.39, 0.29) is 5.54 Å². The molecule has 0 aliphatic carbocycles. The molecule has 0 heterocycles. The quantitative estimate of drug-likeness (QED) is 0.816. The molecular formula is C16H20N2. The summed E-state index contributed by atoms with van der Waals surface area (Å²) in [6.45, 7) is 6.47. The summed E-state index contributed by atoms with van der Waals surface area (Å²) in [6.07, 6.45) is 0. The van der Waals surface area contributed by atoms with Gasteiger partial charge in [0.15, 0.2) is 0 Å². The first-order valence-corrected chi connectivity index (χ1v) is 6.23. The molecule has 0 atom stereocenters. The predicted octanol–water partition coefficient (Wildman–Crippen LogP) is 4.64. The van der Waals surface area contributed by atoms with Crippen molar-refractivity contribution in [3.63, 3.8) is 0 Å². The molecule has 0 saturated heterocycles. The molecule has 0 aromatic heterocycles. The zero-order valence-corrected chi connectivity index (χ0v) is 11.2. The third-order valence-corrected chi connectivity index (χ3v) is 2.47. The fourth-order valence-corrected chi connectivity index (χ4v) is 1.76. The molecule has 0 amide bonds. The predicted molar refractivity (Wildman–Crippen MR) is 79.5 cm³/mol. The average Bonchev–Trinajstić information content (AvgIpc) is 2.31. The zero-order valence-electron chi connectivity index (χ0n) is 11.2. The first-order valence-electron chi connectivity index (χ1n) is 6.23. The summed E-state index contributed by atoms with van der Waals surface area (Å²) < 4.78 is 0. The van der Waals surface area contributed by atoms with Crippen molar-refractivity contribution in [3.8, 4) is 0 Å². The number of hydrogen-bond donors (Lipinski definition) is 2. The molecule has 0 saturated carbocycles. The van der Waals surface area contributed by atoms with Crippen molar-refractivity contribution in [2.24, 2.45) is 0 Å². The number of anilines is 3. The van der Waals surface area contributed by atoms with Gasteiger partial charge in [0.1, 0.15) is 0 Å². The van der Waals surface area contributed by atoms with Gasteiger partial charge in [-0.05, 0) is 57.2 Å². The number of hydrogen-bond acceptors (Lipinski definition) is 2. The number of para-hydroxylation sites is 1. The fraction of sp³-hybridized carbons (Fsp3) is 0.250. The lowest BCUT2D eigenvalue weighted by Crippen LogP contribution is -2.25. The smallest absolute Gasteiger partial charge is 0.0385 e. The molecule has 0 fully saturated rings. The van der Waals surface area contributed by atoms with Gasteiger partial charge in [-0.2, -0.15) is 0 Å². The maximum atomic E-state index is 3.44. The van der Waals surface area contributed by atoms with Gasteiger partial charge in [0, 0.05) is 22.6 Å². The van der Waals surface area contributed by atoms with E-state index in [1.165, 1.54) is 0 Å². The first kappa shape index (κ1) is 12.5. The van der Waals surface area contributed by atoms with Crippen molar-refractivity contribution in [1.82, 2.24) is 0 Å². The highest BCUT2D eigenvalue weighted by molar-refractivity contribution is 5.62. The normalized spacial score (nSPS) is 11.1. The molecule has 2 rings (SSSR count). The van der Waals surface area contributed by atoms with E-state index < -0.39 is 0 Å². The van der Waals surface area contributed by atoms with E-state index in [0.29, 0.717) is 0 Å². The Labute approximate surface area is 109 Å². The summed E-state index contributed by atoms with van der Waals surface area (Å²) in [5, 5.41) is 6.81. The Hall–Kier alpha value is -1.96. The molecule has 0 radical (unpaired) electrons. The van der Waals surface area contributed by atoms with Gasteiger partial charge in [0.05, 0.1) is 0 Å². The minimum Gasteiger partial charge on any atom is -0.380 e. The molecule has 2 heteroatoms. The van der Waals surface area contributed by atoms with Gasteiger partial charge in [-0.1, -0.05) is 18.2 Å². The van der Waals surface area contributed by atoms with E-state index in [4.69, 9.17) is 0 Å². The van der Waals surface area contributed by atoms with Crippen LogP contribution in [0.5, 0.6) is 0 Å². The van der Waals surface area contributed by atoms with Crippen molar-refractivity contribution in [2.75, 3.05) is 10.6 Å². The molecule has 0 aliphatic rings. The molecule has 0 spiro atoms. The Morgan fingerprint density at radius 3 is 1.72 bits per heavy atom. The molecule has 2 N–H and O–H groups in total. The van der Waals surface area contributed by atoms with Crippen molar-refractivity contribution in [3.05, 3.63) is 54.6 Å². The summed E-state index contributed by atoms with van der Waals surface area (Å²) in [6, 6.07) is 18.5. The van der Waals surface area contributed by atoms with Crippen LogP contribution in [0.25, 0.3) is 0 Å². The molecule has 94 valence electrons. The van der Waals surface area contributed by atoms with Gasteiger partial charge >= 0.3 is 0 Å². The van der Waals surface area contributed by atoms with E-state index in [2.05, 4.69) is 67.8 Å². The monoisotopic (exact) mass is 240 g/mol. The van der Waals surface area contributed by atoms with Crippen LogP contribution in [-0.4, -0.2) is 5.54 Å². The van der Waals surface area contributed by atoms with Crippen LogP contribution in [0.15, 0.2) is 54.6 Å². The third-order valence-electron chi connectivity index (χ3n) is 2.47. The molecule has 0 unspecified atom stereocenters. The highest BCUT2D eigenvalue weighted by Crippen LogP contribution is 2.20. The van der Waals surface area contributed by atoms with E-state index in [9.17, 15) is 0 Å². The van der Waals surface area contributed by atoms with Crippen LogP contribution >= 0.6 is 0 Å². The molecule has 2 aromatic carbocycles.